The highest BCUT2D eigenvalue weighted by Crippen LogP contribution is 2.44. The summed E-state index contributed by atoms with van der Waals surface area (Å²) in [5, 5.41) is 2.45. The second kappa shape index (κ2) is 13.7. The minimum Gasteiger partial charge on any atom is -0.461 e. The molecular formula is C32H35N3O7. The van der Waals surface area contributed by atoms with Crippen LogP contribution >= 0.6 is 0 Å². The average molecular weight is 574 g/mol. The molecule has 0 unspecified atom stereocenters. The summed E-state index contributed by atoms with van der Waals surface area (Å²) in [7, 11) is 0. The Morgan fingerprint density at radius 2 is 1.36 bits per heavy atom. The van der Waals surface area contributed by atoms with E-state index < -0.39 is 35.7 Å². The molecular weight excluding hydrogens is 538 g/mol. The summed E-state index contributed by atoms with van der Waals surface area (Å²) in [5.41, 5.74) is 8.78. The van der Waals surface area contributed by atoms with E-state index in [0.29, 0.717) is 0 Å². The zero-order valence-electron chi connectivity index (χ0n) is 23.8. The van der Waals surface area contributed by atoms with Crippen molar-refractivity contribution in [1.82, 2.24) is 16.2 Å². The van der Waals surface area contributed by atoms with Crippen molar-refractivity contribution in [1.29, 1.82) is 0 Å². The lowest BCUT2D eigenvalue weighted by Crippen LogP contribution is -2.53. The quantitative estimate of drug-likeness (QED) is 0.187. The summed E-state index contributed by atoms with van der Waals surface area (Å²) in [5.74, 6) is -1.46. The molecule has 3 amide bonds. The van der Waals surface area contributed by atoms with Gasteiger partial charge in [0.15, 0.2) is 0 Å². The summed E-state index contributed by atoms with van der Waals surface area (Å²) in [6.07, 6.45) is -1.97. The number of esters is 1. The molecule has 3 aromatic carbocycles. The third kappa shape index (κ3) is 8.33. The van der Waals surface area contributed by atoms with Gasteiger partial charge in [-0.2, -0.15) is 0 Å². The Morgan fingerprint density at radius 1 is 0.762 bits per heavy atom. The number of nitrogens with one attached hydrogen (secondary N) is 3. The van der Waals surface area contributed by atoms with Gasteiger partial charge in [-0.25, -0.2) is 15.0 Å². The fraction of sp³-hybridized carbons (Fsp3) is 0.312. The van der Waals surface area contributed by atoms with Gasteiger partial charge in [-0.3, -0.25) is 15.0 Å². The van der Waals surface area contributed by atoms with Gasteiger partial charge in [-0.05, 0) is 55.0 Å². The first kappa shape index (κ1) is 30.1. The summed E-state index contributed by atoms with van der Waals surface area (Å²) >= 11 is 0. The van der Waals surface area contributed by atoms with E-state index in [1.54, 1.807) is 20.8 Å². The first-order valence-corrected chi connectivity index (χ1v) is 13.7. The molecule has 10 nitrogen and oxygen atoms in total. The van der Waals surface area contributed by atoms with Crippen LogP contribution in [0.1, 0.15) is 56.2 Å². The maximum Gasteiger partial charge on any atom is 0.426 e. The zero-order chi connectivity index (χ0) is 30.1. The molecule has 0 saturated carbocycles. The minimum absolute atomic E-state index is 0.0581. The third-order valence-electron chi connectivity index (χ3n) is 6.52. The van der Waals surface area contributed by atoms with Crippen molar-refractivity contribution < 1.29 is 33.4 Å². The summed E-state index contributed by atoms with van der Waals surface area (Å²) < 4.78 is 16.0. The lowest BCUT2D eigenvalue weighted by atomic mass is 9.98. The number of alkyl carbamates (subject to hydrolysis) is 1. The number of ether oxygens (including phenoxy) is 3. The molecule has 3 aromatic rings. The lowest BCUT2D eigenvalue weighted by molar-refractivity contribution is -0.145. The Morgan fingerprint density at radius 3 is 1.98 bits per heavy atom. The van der Waals surface area contributed by atoms with Gasteiger partial charge in [0.05, 0.1) is 0 Å². The number of carbonyl (C=O) groups is 4. The van der Waals surface area contributed by atoms with Crippen LogP contribution in [0.25, 0.3) is 11.1 Å². The van der Waals surface area contributed by atoms with Crippen LogP contribution < -0.4 is 16.2 Å². The van der Waals surface area contributed by atoms with Crippen molar-refractivity contribution in [2.45, 2.75) is 57.8 Å². The third-order valence-corrected chi connectivity index (χ3v) is 6.52. The highest BCUT2D eigenvalue weighted by molar-refractivity contribution is 5.87. The molecule has 1 atom stereocenters. The molecule has 0 heterocycles. The van der Waals surface area contributed by atoms with Crippen LogP contribution in [0.15, 0.2) is 78.9 Å². The maximum absolute atomic E-state index is 12.9. The Hall–Kier alpha value is -4.86. The zero-order valence-corrected chi connectivity index (χ0v) is 23.8. The predicted octanol–water partition coefficient (Wildman–Crippen LogP) is 4.97. The molecule has 1 aliphatic carbocycles. The van der Waals surface area contributed by atoms with E-state index in [1.807, 2.05) is 78.9 Å². The van der Waals surface area contributed by atoms with E-state index in [4.69, 9.17) is 14.2 Å². The lowest BCUT2D eigenvalue weighted by Gasteiger charge is -2.23. The van der Waals surface area contributed by atoms with E-state index >= 15 is 0 Å². The molecule has 0 saturated heterocycles. The van der Waals surface area contributed by atoms with Crippen molar-refractivity contribution >= 4 is 24.1 Å². The number of hydrazine groups is 1. The number of hydrogen-bond acceptors (Lipinski definition) is 7. The van der Waals surface area contributed by atoms with Crippen molar-refractivity contribution in [3.8, 4) is 11.1 Å². The van der Waals surface area contributed by atoms with Gasteiger partial charge in [0.1, 0.15) is 24.9 Å². The number of amides is 3. The van der Waals surface area contributed by atoms with Crippen LogP contribution in [-0.4, -0.2) is 42.3 Å². The topological polar surface area (TPSA) is 132 Å². The molecule has 0 spiro atoms. The van der Waals surface area contributed by atoms with Crippen LogP contribution in [0.2, 0.25) is 0 Å². The normalized spacial score (nSPS) is 12.7. The van der Waals surface area contributed by atoms with Crippen molar-refractivity contribution in [3.05, 3.63) is 95.6 Å². The second-order valence-corrected chi connectivity index (χ2v) is 10.8. The number of hydrogen-bond donors (Lipinski definition) is 3. The minimum atomic E-state index is -1.20. The van der Waals surface area contributed by atoms with Crippen LogP contribution in [-0.2, 0) is 30.4 Å². The molecule has 0 fully saturated rings. The Balaban J connectivity index is 1.30. The highest BCUT2D eigenvalue weighted by atomic mass is 16.6. The first-order chi connectivity index (χ1) is 20.1. The van der Waals surface area contributed by atoms with Gasteiger partial charge in [-0.15, -0.1) is 0 Å². The summed E-state index contributed by atoms with van der Waals surface area (Å²) in [6.45, 7) is 5.19. The molecule has 3 N–H and O–H groups in total. The monoisotopic (exact) mass is 573 g/mol. The summed E-state index contributed by atoms with van der Waals surface area (Å²) in [4.78, 5) is 50.1. The van der Waals surface area contributed by atoms with E-state index in [0.717, 1.165) is 27.8 Å². The number of fused-ring (bicyclic) bond motifs is 3. The van der Waals surface area contributed by atoms with Gasteiger partial charge in [-0.1, -0.05) is 78.9 Å². The summed E-state index contributed by atoms with van der Waals surface area (Å²) in [6, 6.07) is 23.8. The second-order valence-electron chi connectivity index (χ2n) is 10.8. The Labute approximate surface area is 244 Å². The predicted molar refractivity (Wildman–Crippen MR) is 155 cm³/mol. The molecule has 0 bridgehead atoms. The van der Waals surface area contributed by atoms with Crippen molar-refractivity contribution in [2.75, 3.05) is 6.61 Å². The van der Waals surface area contributed by atoms with Crippen LogP contribution in [0.5, 0.6) is 0 Å². The van der Waals surface area contributed by atoms with Gasteiger partial charge >= 0.3 is 18.2 Å². The largest absolute Gasteiger partial charge is 0.461 e. The number of carbonyl (C=O) groups excluding carboxylic acids is 4. The molecule has 1 aliphatic rings. The number of rotatable bonds is 9. The molecule has 0 aromatic heterocycles. The standard InChI is InChI=1S/C32H35N3O7/c1-32(2,3)42-30(38)33-27(17-18-28(36)40-19-21-11-5-4-6-12-21)29(37)34-35-31(39)41-20-26-24-15-9-7-13-22(24)23-14-8-10-16-25(23)26/h4-16,26-27H,17-20H2,1-3H3,(H,33,38)(H,34,37)(H,35,39)/t27-/m1/s1. The van der Waals surface area contributed by atoms with E-state index in [9.17, 15) is 19.2 Å². The van der Waals surface area contributed by atoms with E-state index in [1.165, 1.54) is 0 Å². The van der Waals surface area contributed by atoms with Gasteiger partial charge in [0.25, 0.3) is 5.91 Å². The van der Waals surface area contributed by atoms with Gasteiger partial charge in [0.2, 0.25) is 0 Å². The molecule has 0 aliphatic heterocycles. The Bertz CT molecular complexity index is 1370. The SMILES string of the molecule is CC(C)(C)OC(=O)N[C@H](CCC(=O)OCc1ccccc1)C(=O)NNC(=O)OCC1c2ccccc2-c2ccccc21. The van der Waals surface area contributed by atoms with Crippen molar-refractivity contribution in [3.63, 3.8) is 0 Å². The number of benzene rings is 3. The highest BCUT2D eigenvalue weighted by Gasteiger charge is 2.30. The van der Waals surface area contributed by atoms with Crippen LogP contribution in [0, 0.1) is 0 Å². The maximum atomic E-state index is 12.9. The van der Waals surface area contributed by atoms with Crippen molar-refractivity contribution in [2.24, 2.45) is 0 Å². The molecule has 0 radical (unpaired) electrons. The average Bonchev–Trinajstić information content (AvgIpc) is 3.29. The fourth-order valence-electron chi connectivity index (χ4n) is 4.63. The van der Waals surface area contributed by atoms with Gasteiger partial charge < -0.3 is 19.5 Å². The Kier molecular flexibility index (Phi) is 9.80. The first-order valence-electron chi connectivity index (χ1n) is 13.7. The van der Waals surface area contributed by atoms with Gasteiger partial charge in [0, 0.05) is 12.3 Å². The smallest absolute Gasteiger partial charge is 0.426 e. The molecule has 4 rings (SSSR count). The van der Waals surface area contributed by atoms with E-state index in [-0.39, 0.29) is 32.0 Å². The molecule has 220 valence electrons. The molecule has 10 heteroatoms. The molecule has 42 heavy (non-hydrogen) atoms. The van der Waals surface area contributed by atoms with E-state index in [2.05, 4.69) is 16.2 Å². The van der Waals surface area contributed by atoms with Crippen LogP contribution in [0.4, 0.5) is 9.59 Å². The fourth-order valence-corrected chi connectivity index (χ4v) is 4.63. The van der Waals surface area contributed by atoms with Crippen LogP contribution in [0.3, 0.4) is 0 Å².